The Bertz CT molecular complexity index is 948. The van der Waals surface area contributed by atoms with Crippen molar-refractivity contribution in [1.29, 1.82) is 0 Å². The van der Waals surface area contributed by atoms with Crippen LogP contribution in [0, 0.1) is 12.7 Å². The van der Waals surface area contributed by atoms with Crippen LogP contribution in [0.15, 0.2) is 42.5 Å². The molecule has 1 aromatic heterocycles. The molecule has 26 heavy (non-hydrogen) atoms. The van der Waals surface area contributed by atoms with Crippen molar-refractivity contribution in [2.24, 2.45) is 0 Å². The maximum atomic E-state index is 13.3. The topological polar surface area (TPSA) is 42.4 Å². The lowest BCUT2D eigenvalue weighted by Crippen LogP contribution is -2.42. The minimum atomic E-state index is -0.268. The molecule has 0 atom stereocenters. The Morgan fingerprint density at radius 1 is 1.23 bits per heavy atom. The lowest BCUT2D eigenvalue weighted by molar-refractivity contribution is 0.0595. The maximum Gasteiger partial charge on any atom is 0.274 e. The van der Waals surface area contributed by atoms with E-state index in [4.69, 9.17) is 4.74 Å². The highest BCUT2D eigenvalue weighted by Gasteiger charge is 2.26. The first-order valence-corrected chi connectivity index (χ1v) is 9.49. The van der Waals surface area contributed by atoms with Gasteiger partial charge in [-0.2, -0.15) is 0 Å². The summed E-state index contributed by atoms with van der Waals surface area (Å²) in [6, 6.07) is 12.2. The van der Waals surface area contributed by atoms with Gasteiger partial charge in [-0.1, -0.05) is 29.5 Å². The standard InChI is InChI=1S/C20H19FN2O2S/c1-13-4-2-3-5-16(13)19(24)23-10-8-15(9-11-23)25-20-22-17-7-6-14(21)12-18(17)26-20/h2-7,12,15H,8-11H2,1H3. The molecule has 4 nitrogen and oxygen atoms in total. The molecule has 1 saturated heterocycles. The fourth-order valence-corrected chi connectivity index (χ4v) is 4.14. The van der Waals surface area contributed by atoms with Gasteiger partial charge in [0.05, 0.1) is 10.2 Å². The molecule has 1 amide bonds. The van der Waals surface area contributed by atoms with Gasteiger partial charge in [-0.25, -0.2) is 9.37 Å². The zero-order valence-corrected chi connectivity index (χ0v) is 15.3. The number of fused-ring (bicyclic) bond motifs is 1. The molecule has 1 fully saturated rings. The van der Waals surface area contributed by atoms with E-state index in [1.807, 2.05) is 36.1 Å². The second kappa shape index (κ2) is 7.03. The first kappa shape index (κ1) is 17.0. The van der Waals surface area contributed by atoms with Gasteiger partial charge in [-0.05, 0) is 36.8 Å². The van der Waals surface area contributed by atoms with Gasteiger partial charge in [0, 0.05) is 31.5 Å². The number of carbonyl (C=O) groups excluding carboxylic acids is 1. The van der Waals surface area contributed by atoms with Gasteiger partial charge in [0.2, 0.25) is 0 Å². The van der Waals surface area contributed by atoms with E-state index < -0.39 is 0 Å². The number of carbonyl (C=O) groups is 1. The molecular formula is C20H19FN2O2S. The van der Waals surface area contributed by atoms with Crippen LogP contribution >= 0.6 is 11.3 Å². The summed E-state index contributed by atoms with van der Waals surface area (Å²) in [6.07, 6.45) is 1.56. The molecule has 1 aliphatic rings. The van der Waals surface area contributed by atoms with Gasteiger partial charge in [0.15, 0.2) is 0 Å². The van der Waals surface area contributed by atoms with Crippen molar-refractivity contribution in [2.75, 3.05) is 13.1 Å². The van der Waals surface area contributed by atoms with E-state index in [2.05, 4.69) is 4.98 Å². The smallest absolute Gasteiger partial charge is 0.274 e. The van der Waals surface area contributed by atoms with Crippen molar-refractivity contribution >= 4 is 27.5 Å². The Labute approximate surface area is 155 Å². The molecule has 0 spiro atoms. The second-order valence-corrected chi connectivity index (χ2v) is 7.51. The van der Waals surface area contributed by atoms with Crippen LogP contribution in [-0.4, -0.2) is 35.0 Å². The molecule has 0 N–H and O–H groups in total. The van der Waals surface area contributed by atoms with E-state index in [0.29, 0.717) is 18.3 Å². The van der Waals surface area contributed by atoms with E-state index in [1.54, 1.807) is 6.07 Å². The molecule has 2 heterocycles. The molecule has 1 aliphatic heterocycles. The van der Waals surface area contributed by atoms with E-state index in [0.717, 1.165) is 34.2 Å². The third kappa shape index (κ3) is 3.42. The van der Waals surface area contributed by atoms with Crippen LogP contribution in [0.4, 0.5) is 4.39 Å². The van der Waals surface area contributed by atoms with Gasteiger partial charge < -0.3 is 9.64 Å². The van der Waals surface area contributed by atoms with Crippen molar-refractivity contribution in [2.45, 2.75) is 25.9 Å². The average Bonchev–Trinajstić information content (AvgIpc) is 3.03. The number of aromatic nitrogens is 1. The number of likely N-dealkylation sites (tertiary alicyclic amines) is 1. The number of hydrogen-bond donors (Lipinski definition) is 0. The van der Waals surface area contributed by atoms with E-state index in [-0.39, 0.29) is 17.8 Å². The zero-order chi connectivity index (χ0) is 18.1. The first-order chi connectivity index (χ1) is 12.6. The lowest BCUT2D eigenvalue weighted by Gasteiger charge is -2.32. The Morgan fingerprint density at radius 3 is 2.77 bits per heavy atom. The average molecular weight is 370 g/mol. The minimum absolute atomic E-state index is 0.0290. The van der Waals surface area contributed by atoms with Crippen LogP contribution in [0.3, 0.4) is 0 Å². The Balaban J connectivity index is 1.38. The van der Waals surface area contributed by atoms with Gasteiger partial charge in [0.25, 0.3) is 11.1 Å². The van der Waals surface area contributed by atoms with Crippen molar-refractivity contribution < 1.29 is 13.9 Å². The van der Waals surface area contributed by atoms with E-state index in [1.165, 1.54) is 23.5 Å². The number of amides is 1. The molecule has 0 saturated carbocycles. The molecular weight excluding hydrogens is 351 g/mol. The molecule has 0 radical (unpaired) electrons. The summed E-state index contributed by atoms with van der Waals surface area (Å²) in [5.74, 6) is -0.187. The third-order valence-corrected chi connectivity index (χ3v) is 5.61. The SMILES string of the molecule is Cc1ccccc1C(=O)N1CCC(Oc2nc3ccc(F)cc3s2)CC1. The number of benzene rings is 2. The summed E-state index contributed by atoms with van der Waals surface area (Å²) in [5.41, 5.74) is 2.51. The molecule has 0 aliphatic carbocycles. The van der Waals surface area contributed by atoms with E-state index in [9.17, 15) is 9.18 Å². The highest BCUT2D eigenvalue weighted by molar-refractivity contribution is 7.20. The van der Waals surface area contributed by atoms with Crippen LogP contribution in [0.1, 0.15) is 28.8 Å². The number of thiazole rings is 1. The van der Waals surface area contributed by atoms with Crippen molar-refractivity contribution in [3.05, 3.63) is 59.4 Å². The first-order valence-electron chi connectivity index (χ1n) is 8.68. The monoisotopic (exact) mass is 370 g/mol. The van der Waals surface area contributed by atoms with Crippen molar-refractivity contribution in [3.8, 4) is 5.19 Å². The van der Waals surface area contributed by atoms with Gasteiger partial charge in [-0.15, -0.1) is 0 Å². The van der Waals surface area contributed by atoms with Crippen LogP contribution in [0.2, 0.25) is 0 Å². The summed E-state index contributed by atoms with van der Waals surface area (Å²) < 4.78 is 20.1. The number of piperidine rings is 1. The van der Waals surface area contributed by atoms with Crippen LogP contribution in [-0.2, 0) is 0 Å². The highest BCUT2D eigenvalue weighted by Crippen LogP contribution is 2.30. The van der Waals surface area contributed by atoms with Gasteiger partial charge >= 0.3 is 0 Å². The number of hydrogen-bond acceptors (Lipinski definition) is 4. The minimum Gasteiger partial charge on any atom is -0.467 e. The summed E-state index contributed by atoms with van der Waals surface area (Å²) in [7, 11) is 0. The predicted molar refractivity (Wildman–Crippen MR) is 100 cm³/mol. The fraction of sp³-hybridized carbons (Fsp3) is 0.300. The quantitative estimate of drug-likeness (QED) is 0.685. The van der Waals surface area contributed by atoms with Gasteiger partial charge in [0.1, 0.15) is 11.9 Å². The zero-order valence-electron chi connectivity index (χ0n) is 14.4. The number of halogens is 1. The number of aryl methyl sites for hydroxylation is 1. The van der Waals surface area contributed by atoms with E-state index >= 15 is 0 Å². The Morgan fingerprint density at radius 2 is 2.00 bits per heavy atom. The molecule has 4 rings (SSSR count). The number of nitrogens with zero attached hydrogens (tertiary/aromatic N) is 2. The highest BCUT2D eigenvalue weighted by atomic mass is 32.1. The number of ether oxygens (including phenoxy) is 1. The molecule has 0 unspecified atom stereocenters. The largest absolute Gasteiger partial charge is 0.467 e. The lowest BCUT2D eigenvalue weighted by atomic mass is 10.0. The summed E-state index contributed by atoms with van der Waals surface area (Å²) in [5, 5.41) is 0.564. The van der Waals surface area contributed by atoms with Crippen LogP contribution in [0.5, 0.6) is 5.19 Å². The summed E-state index contributed by atoms with van der Waals surface area (Å²) in [4.78, 5) is 19.0. The molecule has 0 bridgehead atoms. The van der Waals surface area contributed by atoms with Crippen molar-refractivity contribution in [3.63, 3.8) is 0 Å². The van der Waals surface area contributed by atoms with Gasteiger partial charge in [-0.3, -0.25) is 4.79 Å². The second-order valence-electron chi connectivity index (χ2n) is 6.52. The molecule has 134 valence electrons. The summed E-state index contributed by atoms with van der Waals surface area (Å²) >= 11 is 1.36. The molecule has 2 aromatic carbocycles. The van der Waals surface area contributed by atoms with Crippen LogP contribution in [0.25, 0.3) is 10.2 Å². The normalized spacial score (nSPS) is 15.4. The van der Waals surface area contributed by atoms with Crippen molar-refractivity contribution in [1.82, 2.24) is 9.88 Å². The predicted octanol–water partition coefficient (Wildman–Crippen LogP) is 4.43. The maximum absolute atomic E-state index is 13.3. The molecule has 3 aromatic rings. The summed E-state index contributed by atoms with van der Waals surface area (Å²) in [6.45, 7) is 3.29. The van der Waals surface area contributed by atoms with Crippen LogP contribution < -0.4 is 4.74 Å². The Hall–Kier alpha value is -2.47. The Kier molecular flexibility index (Phi) is 4.59. The number of rotatable bonds is 3. The fourth-order valence-electron chi connectivity index (χ4n) is 3.23. The third-order valence-electron chi connectivity index (χ3n) is 4.70. The molecule has 6 heteroatoms.